The Morgan fingerprint density at radius 1 is 1.37 bits per heavy atom. The normalized spacial score (nSPS) is 18.8. The average molecular weight is 260 g/mol. The Morgan fingerprint density at radius 2 is 2.21 bits per heavy atom. The van der Waals surface area contributed by atoms with Crippen molar-refractivity contribution in [1.82, 2.24) is 19.9 Å². The van der Waals surface area contributed by atoms with Crippen LogP contribution in [0.15, 0.2) is 36.7 Å². The van der Waals surface area contributed by atoms with Gasteiger partial charge in [0.05, 0.1) is 17.8 Å². The molecule has 1 aliphatic rings. The molecule has 1 amide bonds. The van der Waals surface area contributed by atoms with Crippen LogP contribution < -0.4 is 0 Å². The molecule has 2 aromatic rings. The molecule has 1 saturated heterocycles. The molecular formula is C13H13FN4O. The lowest BCUT2D eigenvalue weighted by Gasteiger charge is -2.16. The molecule has 0 spiro atoms. The van der Waals surface area contributed by atoms with Crippen molar-refractivity contribution in [2.24, 2.45) is 0 Å². The molecule has 0 bridgehead atoms. The monoisotopic (exact) mass is 260 g/mol. The molecule has 0 aliphatic carbocycles. The molecule has 0 radical (unpaired) electrons. The summed E-state index contributed by atoms with van der Waals surface area (Å²) in [4.78, 5) is 13.9. The summed E-state index contributed by atoms with van der Waals surface area (Å²) in [6, 6.07) is 6.19. The molecule has 2 heterocycles. The molecular weight excluding hydrogens is 247 g/mol. The van der Waals surface area contributed by atoms with E-state index in [0.29, 0.717) is 13.1 Å². The summed E-state index contributed by atoms with van der Waals surface area (Å²) in [6.07, 6.45) is 4.20. The second-order valence-corrected chi connectivity index (χ2v) is 4.56. The zero-order valence-corrected chi connectivity index (χ0v) is 10.2. The van der Waals surface area contributed by atoms with Crippen LogP contribution in [0.3, 0.4) is 0 Å². The molecule has 5 nitrogen and oxygen atoms in total. The van der Waals surface area contributed by atoms with Crippen LogP contribution in [0.1, 0.15) is 22.8 Å². The lowest BCUT2D eigenvalue weighted by molar-refractivity contribution is 0.0782. The standard InChI is InChI=1S/C13H13FN4O/c14-12-4-2-1-3-11(12)13(19)17-7-5-10(9-17)18-8-6-15-16-18/h1-4,6,8,10H,5,7,9H2. The minimum absolute atomic E-state index is 0.123. The minimum atomic E-state index is -0.475. The van der Waals surface area contributed by atoms with E-state index >= 15 is 0 Å². The van der Waals surface area contributed by atoms with Crippen LogP contribution in [-0.2, 0) is 0 Å². The Labute approximate surface area is 109 Å². The Bertz CT molecular complexity index is 584. The maximum atomic E-state index is 13.6. The molecule has 1 unspecified atom stereocenters. The highest BCUT2D eigenvalue weighted by atomic mass is 19.1. The molecule has 1 aromatic heterocycles. The first-order valence-electron chi connectivity index (χ1n) is 6.15. The second kappa shape index (κ2) is 4.79. The number of amides is 1. The number of hydrogen-bond donors (Lipinski definition) is 0. The van der Waals surface area contributed by atoms with E-state index in [2.05, 4.69) is 10.3 Å². The van der Waals surface area contributed by atoms with Crippen LogP contribution in [0.4, 0.5) is 4.39 Å². The van der Waals surface area contributed by atoms with Crippen molar-refractivity contribution >= 4 is 5.91 Å². The number of carbonyl (C=O) groups excluding carboxylic acids is 1. The molecule has 6 heteroatoms. The number of rotatable bonds is 2. The maximum Gasteiger partial charge on any atom is 0.256 e. The van der Waals surface area contributed by atoms with Gasteiger partial charge in [0.1, 0.15) is 5.82 Å². The zero-order valence-electron chi connectivity index (χ0n) is 10.2. The topological polar surface area (TPSA) is 51.0 Å². The smallest absolute Gasteiger partial charge is 0.256 e. The van der Waals surface area contributed by atoms with E-state index < -0.39 is 5.82 Å². The first kappa shape index (κ1) is 11.8. The van der Waals surface area contributed by atoms with Crippen LogP contribution >= 0.6 is 0 Å². The number of aromatic nitrogens is 3. The van der Waals surface area contributed by atoms with Gasteiger partial charge in [-0.15, -0.1) is 5.10 Å². The fraction of sp³-hybridized carbons (Fsp3) is 0.308. The van der Waals surface area contributed by atoms with Gasteiger partial charge in [0.15, 0.2) is 0 Å². The number of carbonyl (C=O) groups is 1. The van der Waals surface area contributed by atoms with Gasteiger partial charge in [-0.3, -0.25) is 4.79 Å². The molecule has 1 aromatic carbocycles. The summed E-state index contributed by atoms with van der Waals surface area (Å²) in [7, 11) is 0. The molecule has 1 aliphatic heterocycles. The Hall–Kier alpha value is -2.24. The summed E-state index contributed by atoms with van der Waals surface area (Å²) in [5, 5.41) is 7.70. The molecule has 3 rings (SSSR count). The fourth-order valence-corrected chi connectivity index (χ4v) is 2.36. The first-order valence-corrected chi connectivity index (χ1v) is 6.15. The van der Waals surface area contributed by atoms with Gasteiger partial charge in [-0.1, -0.05) is 17.3 Å². The zero-order chi connectivity index (χ0) is 13.2. The van der Waals surface area contributed by atoms with Crippen LogP contribution in [0.25, 0.3) is 0 Å². The quantitative estimate of drug-likeness (QED) is 0.822. The molecule has 19 heavy (non-hydrogen) atoms. The summed E-state index contributed by atoms with van der Waals surface area (Å²) < 4.78 is 15.3. The predicted octanol–water partition coefficient (Wildman–Crippen LogP) is 1.50. The maximum absolute atomic E-state index is 13.6. The fourth-order valence-electron chi connectivity index (χ4n) is 2.36. The minimum Gasteiger partial charge on any atom is -0.336 e. The van der Waals surface area contributed by atoms with Gasteiger partial charge in [-0.2, -0.15) is 0 Å². The van der Waals surface area contributed by atoms with Gasteiger partial charge in [0, 0.05) is 19.3 Å². The number of hydrogen-bond acceptors (Lipinski definition) is 3. The summed E-state index contributed by atoms with van der Waals surface area (Å²) >= 11 is 0. The van der Waals surface area contributed by atoms with E-state index in [0.717, 1.165) is 6.42 Å². The van der Waals surface area contributed by atoms with Crippen molar-refractivity contribution in [3.05, 3.63) is 48.0 Å². The highest BCUT2D eigenvalue weighted by Gasteiger charge is 2.29. The van der Waals surface area contributed by atoms with Gasteiger partial charge in [0.2, 0.25) is 0 Å². The molecule has 0 N–H and O–H groups in total. The molecule has 1 fully saturated rings. The van der Waals surface area contributed by atoms with Crippen molar-refractivity contribution in [1.29, 1.82) is 0 Å². The summed E-state index contributed by atoms with van der Waals surface area (Å²) in [6.45, 7) is 1.15. The van der Waals surface area contributed by atoms with E-state index in [4.69, 9.17) is 0 Å². The van der Waals surface area contributed by atoms with Crippen LogP contribution in [0, 0.1) is 5.82 Å². The Kier molecular flexibility index (Phi) is 2.98. The summed E-state index contributed by atoms with van der Waals surface area (Å²) in [5.41, 5.74) is 0.127. The van der Waals surface area contributed by atoms with Crippen LogP contribution in [0.2, 0.25) is 0 Å². The van der Waals surface area contributed by atoms with Gasteiger partial charge in [-0.05, 0) is 18.6 Å². The lowest BCUT2D eigenvalue weighted by atomic mass is 10.2. The predicted molar refractivity (Wildman–Crippen MR) is 66.0 cm³/mol. The van der Waals surface area contributed by atoms with Gasteiger partial charge in [0.25, 0.3) is 5.91 Å². The molecule has 98 valence electrons. The van der Waals surface area contributed by atoms with Crippen LogP contribution in [-0.4, -0.2) is 38.9 Å². The number of likely N-dealkylation sites (tertiary alicyclic amines) is 1. The van der Waals surface area contributed by atoms with E-state index in [-0.39, 0.29) is 17.5 Å². The highest BCUT2D eigenvalue weighted by Crippen LogP contribution is 2.22. The number of halogens is 1. The van der Waals surface area contributed by atoms with Crippen molar-refractivity contribution in [3.63, 3.8) is 0 Å². The third-order valence-electron chi connectivity index (χ3n) is 3.37. The number of nitrogens with zero attached hydrogens (tertiary/aromatic N) is 4. The largest absolute Gasteiger partial charge is 0.336 e. The van der Waals surface area contributed by atoms with Crippen molar-refractivity contribution in [2.75, 3.05) is 13.1 Å². The van der Waals surface area contributed by atoms with Gasteiger partial charge < -0.3 is 4.90 Å². The molecule has 1 atom stereocenters. The first-order chi connectivity index (χ1) is 9.25. The molecule has 0 saturated carbocycles. The van der Waals surface area contributed by atoms with Crippen molar-refractivity contribution in [3.8, 4) is 0 Å². The van der Waals surface area contributed by atoms with E-state index in [1.54, 1.807) is 34.1 Å². The third kappa shape index (κ3) is 2.21. The van der Waals surface area contributed by atoms with Gasteiger partial charge >= 0.3 is 0 Å². The Morgan fingerprint density at radius 3 is 2.95 bits per heavy atom. The SMILES string of the molecule is O=C(c1ccccc1F)N1CCC(n2ccnn2)C1. The lowest BCUT2D eigenvalue weighted by Crippen LogP contribution is -2.29. The second-order valence-electron chi connectivity index (χ2n) is 4.56. The average Bonchev–Trinajstić information content (AvgIpc) is 3.09. The van der Waals surface area contributed by atoms with Crippen LogP contribution in [0.5, 0.6) is 0 Å². The van der Waals surface area contributed by atoms with E-state index in [1.807, 2.05) is 0 Å². The van der Waals surface area contributed by atoms with E-state index in [1.165, 1.54) is 12.1 Å². The third-order valence-corrected chi connectivity index (χ3v) is 3.37. The van der Waals surface area contributed by atoms with Crippen molar-refractivity contribution in [2.45, 2.75) is 12.5 Å². The van der Waals surface area contributed by atoms with Crippen molar-refractivity contribution < 1.29 is 9.18 Å². The van der Waals surface area contributed by atoms with E-state index in [9.17, 15) is 9.18 Å². The van der Waals surface area contributed by atoms with Gasteiger partial charge in [-0.25, -0.2) is 9.07 Å². The Balaban J connectivity index is 1.75. The number of benzene rings is 1. The highest BCUT2D eigenvalue weighted by molar-refractivity contribution is 5.94. The summed E-state index contributed by atoms with van der Waals surface area (Å²) in [5.74, 6) is -0.738.